The zero-order chi connectivity index (χ0) is 13.7. The molecule has 0 bridgehead atoms. The van der Waals surface area contributed by atoms with E-state index < -0.39 is 0 Å². The van der Waals surface area contributed by atoms with Gasteiger partial charge in [-0.25, -0.2) is 0 Å². The maximum atomic E-state index is 5.51. The highest BCUT2D eigenvalue weighted by Crippen LogP contribution is 2.43. The average Bonchev–Trinajstić information content (AvgIpc) is 2.48. The van der Waals surface area contributed by atoms with Gasteiger partial charge >= 0.3 is 0 Å². The van der Waals surface area contributed by atoms with Gasteiger partial charge in [0.2, 0.25) is 0 Å². The van der Waals surface area contributed by atoms with Crippen molar-refractivity contribution in [1.82, 2.24) is 10.3 Å². The molecule has 1 heterocycles. The third kappa shape index (κ3) is 3.27. The summed E-state index contributed by atoms with van der Waals surface area (Å²) in [5.74, 6) is 2.99. The number of aromatic nitrogens is 1. The van der Waals surface area contributed by atoms with E-state index in [1.54, 1.807) is 7.11 Å². The largest absolute Gasteiger partial charge is 0.495 e. The summed E-state index contributed by atoms with van der Waals surface area (Å²) in [6.45, 7) is 3.37. The molecule has 0 radical (unpaired) electrons. The lowest BCUT2D eigenvalue weighted by Gasteiger charge is -2.36. The normalized spacial score (nSPS) is 27.2. The predicted octanol–water partition coefficient (Wildman–Crippen LogP) is 3.22. The maximum absolute atomic E-state index is 5.51. The van der Waals surface area contributed by atoms with Crippen LogP contribution in [0.15, 0.2) is 18.3 Å². The van der Waals surface area contributed by atoms with Gasteiger partial charge in [0.1, 0.15) is 5.75 Å². The summed E-state index contributed by atoms with van der Waals surface area (Å²) in [4.78, 5) is 4.62. The van der Waals surface area contributed by atoms with E-state index in [-0.39, 0.29) is 0 Å². The standard InChI is InChI=1S/C16H26N2O/c1-4-12-7-8-13(11-17-2)14(10-12)16-15(19-3)6-5-9-18-16/h5-6,9,12-14,17H,4,7-8,10-11H2,1-3H3. The second kappa shape index (κ2) is 6.90. The zero-order valence-corrected chi connectivity index (χ0v) is 12.4. The van der Waals surface area contributed by atoms with Gasteiger partial charge in [0.15, 0.2) is 0 Å². The predicted molar refractivity (Wildman–Crippen MR) is 78.6 cm³/mol. The van der Waals surface area contributed by atoms with Crippen molar-refractivity contribution in [2.75, 3.05) is 20.7 Å². The van der Waals surface area contributed by atoms with Gasteiger partial charge in [-0.05, 0) is 50.4 Å². The Balaban J connectivity index is 2.25. The minimum absolute atomic E-state index is 0.530. The van der Waals surface area contributed by atoms with Crippen LogP contribution in [-0.2, 0) is 0 Å². The van der Waals surface area contributed by atoms with E-state index >= 15 is 0 Å². The van der Waals surface area contributed by atoms with Crippen LogP contribution in [0.4, 0.5) is 0 Å². The molecule has 1 N–H and O–H groups in total. The lowest BCUT2D eigenvalue weighted by atomic mass is 9.71. The molecule has 2 rings (SSSR count). The fourth-order valence-electron chi connectivity index (χ4n) is 3.39. The second-order valence-corrected chi connectivity index (χ2v) is 5.60. The number of hydrogen-bond acceptors (Lipinski definition) is 3. The van der Waals surface area contributed by atoms with Crippen molar-refractivity contribution in [3.63, 3.8) is 0 Å². The van der Waals surface area contributed by atoms with Crippen LogP contribution in [0.3, 0.4) is 0 Å². The number of rotatable bonds is 5. The van der Waals surface area contributed by atoms with Crippen molar-refractivity contribution in [2.24, 2.45) is 11.8 Å². The van der Waals surface area contributed by atoms with Crippen molar-refractivity contribution in [1.29, 1.82) is 0 Å². The molecule has 3 unspecified atom stereocenters. The van der Waals surface area contributed by atoms with Crippen LogP contribution in [0.1, 0.15) is 44.2 Å². The van der Waals surface area contributed by atoms with Crippen molar-refractivity contribution in [3.05, 3.63) is 24.0 Å². The summed E-state index contributed by atoms with van der Waals surface area (Å²) in [5, 5.41) is 3.34. The maximum Gasteiger partial charge on any atom is 0.140 e. The van der Waals surface area contributed by atoms with Crippen molar-refractivity contribution < 1.29 is 4.74 Å². The van der Waals surface area contributed by atoms with Crippen molar-refractivity contribution in [3.8, 4) is 5.75 Å². The van der Waals surface area contributed by atoms with Crippen molar-refractivity contribution in [2.45, 2.75) is 38.5 Å². The number of nitrogens with zero attached hydrogens (tertiary/aromatic N) is 1. The first-order chi connectivity index (χ1) is 9.30. The molecule has 3 atom stereocenters. The number of hydrogen-bond donors (Lipinski definition) is 1. The van der Waals surface area contributed by atoms with E-state index in [1.165, 1.54) is 25.7 Å². The first-order valence-corrected chi connectivity index (χ1v) is 7.43. The molecule has 0 saturated heterocycles. The highest BCUT2D eigenvalue weighted by atomic mass is 16.5. The van der Waals surface area contributed by atoms with Crippen LogP contribution in [-0.4, -0.2) is 25.7 Å². The van der Waals surface area contributed by atoms with E-state index in [2.05, 4.69) is 17.2 Å². The highest BCUT2D eigenvalue weighted by molar-refractivity contribution is 5.31. The summed E-state index contributed by atoms with van der Waals surface area (Å²) in [6, 6.07) is 3.99. The van der Waals surface area contributed by atoms with E-state index in [0.29, 0.717) is 11.8 Å². The minimum Gasteiger partial charge on any atom is -0.495 e. The summed E-state index contributed by atoms with van der Waals surface area (Å²) in [5.41, 5.74) is 1.16. The first-order valence-electron chi connectivity index (χ1n) is 7.43. The summed E-state index contributed by atoms with van der Waals surface area (Å²) < 4.78 is 5.51. The molecule has 1 saturated carbocycles. The highest BCUT2D eigenvalue weighted by Gasteiger charge is 2.32. The topological polar surface area (TPSA) is 34.2 Å². The first kappa shape index (κ1) is 14.3. The van der Waals surface area contributed by atoms with Gasteiger partial charge in [-0.3, -0.25) is 4.98 Å². The Kier molecular flexibility index (Phi) is 5.20. The van der Waals surface area contributed by atoms with E-state index in [9.17, 15) is 0 Å². The van der Waals surface area contributed by atoms with Gasteiger partial charge in [0, 0.05) is 12.1 Å². The number of ether oxygens (including phenoxy) is 1. The Morgan fingerprint density at radius 3 is 2.95 bits per heavy atom. The van der Waals surface area contributed by atoms with Crippen LogP contribution >= 0.6 is 0 Å². The molecule has 19 heavy (non-hydrogen) atoms. The molecule has 1 aliphatic rings. The fourth-order valence-corrected chi connectivity index (χ4v) is 3.39. The third-order valence-electron chi connectivity index (χ3n) is 4.52. The summed E-state index contributed by atoms with van der Waals surface area (Å²) in [6.07, 6.45) is 7.07. The van der Waals surface area contributed by atoms with E-state index in [0.717, 1.165) is 23.9 Å². The third-order valence-corrected chi connectivity index (χ3v) is 4.52. The molecule has 0 aromatic carbocycles. The zero-order valence-electron chi connectivity index (χ0n) is 12.4. The lowest BCUT2D eigenvalue weighted by molar-refractivity contribution is 0.221. The summed E-state index contributed by atoms with van der Waals surface area (Å²) in [7, 11) is 3.78. The molecule has 1 aromatic rings. The molecule has 1 aliphatic carbocycles. The molecule has 3 nitrogen and oxygen atoms in total. The Morgan fingerprint density at radius 2 is 2.26 bits per heavy atom. The minimum atomic E-state index is 0.530. The number of methoxy groups -OCH3 is 1. The van der Waals surface area contributed by atoms with Crippen LogP contribution in [0.5, 0.6) is 5.75 Å². The quantitative estimate of drug-likeness (QED) is 0.884. The molecule has 0 amide bonds. The number of pyridine rings is 1. The van der Waals surface area contributed by atoms with Gasteiger partial charge in [-0.2, -0.15) is 0 Å². The average molecular weight is 262 g/mol. The molecule has 1 aromatic heterocycles. The van der Waals surface area contributed by atoms with E-state index in [4.69, 9.17) is 4.74 Å². The Bertz CT molecular complexity index is 394. The summed E-state index contributed by atoms with van der Waals surface area (Å²) >= 11 is 0. The number of nitrogens with one attached hydrogen (secondary N) is 1. The monoisotopic (exact) mass is 262 g/mol. The Morgan fingerprint density at radius 1 is 1.42 bits per heavy atom. The van der Waals surface area contributed by atoms with Crippen LogP contribution in [0.2, 0.25) is 0 Å². The van der Waals surface area contributed by atoms with Gasteiger partial charge in [-0.1, -0.05) is 19.8 Å². The van der Waals surface area contributed by atoms with Gasteiger partial charge < -0.3 is 10.1 Å². The molecule has 3 heteroatoms. The Labute approximate surface area is 116 Å². The fraction of sp³-hybridized carbons (Fsp3) is 0.688. The van der Waals surface area contributed by atoms with Crippen LogP contribution in [0, 0.1) is 11.8 Å². The molecular formula is C16H26N2O. The van der Waals surface area contributed by atoms with Crippen molar-refractivity contribution >= 4 is 0 Å². The molecule has 106 valence electrons. The molecule has 0 aliphatic heterocycles. The molecule has 0 spiro atoms. The SMILES string of the molecule is CCC1CCC(CNC)C(c2ncccc2OC)C1. The van der Waals surface area contributed by atoms with Gasteiger partial charge in [0.05, 0.1) is 12.8 Å². The van der Waals surface area contributed by atoms with Gasteiger partial charge in [0.25, 0.3) is 0 Å². The van der Waals surface area contributed by atoms with Gasteiger partial charge in [-0.15, -0.1) is 0 Å². The van der Waals surface area contributed by atoms with Crippen LogP contribution < -0.4 is 10.1 Å². The van der Waals surface area contributed by atoms with E-state index in [1.807, 2.05) is 25.4 Å². The second-order valence-electron chi connectivity index (χ2n) is 5.60. The lowest BCUT2D eigenvalue weighted by Crippen LogP contribution is -2.31. The smallest absolute Gasteiger partial charge is 0.140 e. The molecular weight excluding hydrogens is 236 g/mol. The Hall–Kier alpha value is -1.09. The molecule has 1 fully saturated rings. The van der Waals surface area contributed by atoms with Crippen LogP contribution in [0.25, 0.3) is 0 Å².